The Morgan fingerprint density at radius 2 is 1.00 bits per heavy atom. The van der Waals surface area contributed by atoms with Gasteiger partial charge in [-0.3, -0.25) is 34.1 Å². The fraction of sp³-hybridized carbons (Fsp3) is 0.286. The maximum atomic E-state index is 10.4. The molecule has 3 N–H and O–H groups in total. The Kier molecular flexibility index (Phi) is 7.52. The van der Waals surface area contributed by atoms with Crippen molar-refractivity contribution >= 4 is 33.7 Å². The number of amides is 4. The first-order valence-corrected chi connectivity index (χ1v) is 8.60. The lowest BCUT2D eigenvalue weighted by molar-refractivity contribution is -0.172. The summed E-state index contributed by atoms with van der Waals surface area (Å²) in [4.78, 5) is 40.9. The Hall–Kier alpha value is -2.67. The minimum Gasteiger partial charge on any atom is -0.282 e. The first-order chi connectivity index (χ1) is 12.0. The van der Waals surface area contributed by atoms with Gasteiger partial charge in [-0.25, -0.2) is 0 Å². The number of hydroxylamine groups is 4. The summed E-state index contributed by atoms with van der Waals surface area (Å²) in [6.07, 6.45) is 0.593. The maximum absolute atomic E-state index is 10.4. The molecule has 2 saturated heterocycles. The van der Waals surface area contributed by atoms with Crippen LogP contribution in [-0.4, -0.2) is 57.1 Å². The maximum Gasteiger partial charge on any atom is 0.294 e. The lowest BCUT2D eigenvalue weighted by atomic mass is 10.4. The van der Waals surface area contributed by atoms with Gasteiger partial charge in [0.05, 0.1) is 4.90 Å². The van der Waals surface area contributed by atoms with Gasteiger partial charge >= 0.3 is 0 Å². The second-order valence-electron chi connectivity index (χ2n) is 4.99. The fourth-order valence-corrected chi connectivity index (χ4v) is 2.22. The lowest BCUT2D eigenvalue weighted by Crippen LogP contribution is -2.24. The summed E-state index contributed by atoms with van der Waals surface area (Å²) in [7, 11) is -4.00. The van der Waals surface area contributed by atoms with Gasteiger partial charge in [0.25, 0.3) is 33.7 Å². The van der Waals surface area contributed by atoms with Gasteiger partial charge in [0.1, 0.15) is 0 Å². The zero-order valence-electron chi connectivity index (χ0n) is 13.3. The number of imide groups is 2. The predicted octanol–water partition coefficient (Wildman–Crippen LogP) is -0.0175. The molecule has 0 radical (unpaired) electrons. The number of rotatable bonds is 1. The summed E-state index contributed by atoms with van der Waals surface area (Å²) in [5.74, 6) is -2.02. The summed E-state index contributed by atoms with van der Waals surface area (Å²) in [6, 6.07) is 7.42. The highest BCUT2D eigenvalue weighted by Gasteiger charge is 2.27. The molecule has 0 atom stereocenters. The van der Waals surface area contributed by atoms with Crippen molar-refractivity contribution in [2.45, 2.75) is 30.6 Å². The third-order valence-corrected chi connectivity index (χ3v) is 3.96. The van der Waals surface area contributed by atoms with E-state index in [1.807, 2.05) is 0 Å². The van der Waals surface area contributed by atoms with E-state index in [1.54, 1.807) is 18.2 Å². The standard InChI is InChI=1S/C6H6O3S.2C4H5NO3/c7-10(8,9)6-4-2-1-3-5-6;2*6-3-1-2-4(7)5(3)8/h1-5H,(H,7,8,9);2*8H,1-2H2. The van der Waals surface area contributed by atoms with E-state index in [-0.39, 0.29) is 40.7 Å². The molecule has 2 aliphatic heterocycles. The number of hydrogen-bond donors (Lipinski definition) is 3. The van der Waals surface area contributed by atoms with Crippen LogP contribution in [0.2, 0.25) is 0 Å². The molecule has 3 rings (SSSR count). The highest BCUT2D eigenvalue weighted by molar-refractivity contribution is 7.85. The quantitative estimate of drug-likeness (QED) is 0.340. The number of hydrogen-bond acceptors (Lipinski definition) is 8. The molecule has 4 amide bonds. The summed E-state index contributed by atoms with van der Waals surface area (Å²) in [5, 5.41) is 17.1. The number of carbonyl (C=O) groups is 4. The van der Waals surface area contributed by atoms with E-state index in [4.69, 9.17) is 15.0 Å². The van der Waals surface area contributed by atoms with Crippen molar-refractivity contribution in [3.8, 4) is 0 Å². The normalized spacial score (nSPS) is 16.9. The first-order valence-electron chi connectivity index (χ1n) is 7.16. The molecule has 2 fully saturated rings. The van der Waals surface area contributed by atoms with Crippen LogP contribution in [0.25, 0.3) is 0 Å². The minimum atomic E-state index is -4.00. The Bertz CT molecular complexity index is 726. The Labute approximate surface area is 148 Å². The summed E-state index contributed by atoms with van der Waals surface area (Å²) in [5.41, 5.74) is 0. The van der Waals surface area contributed by atoms with Crippen LogP contribution in [0.3, 0.4) is 0 Å². The van der Waals surface area contributed by atoms with Gasteiger partial charge in [-0.15, -0.1) is 0 Å². The highest BCUT2D eigenvalue weighted by atomic mass is 32.2. The van der Waals surface area contributed by atoms with Crippen molar-refractivity contribution in [3.63, 3.8) is 0 Å². The van der Waals surface area contributed by atoms with E-state index in [2.05, 4.69) is 0 Å². The SMILES string of the molecule is O=C1CCC(=O)N1O.O=C1CCC(=O)N1O.O=S(=O)(O)c1ccccc1. The van der Waals surface area contributed by atoms with E-state index in [0.29, 0.717) is 0 Å². The molecule has 26 heavy (non-hydrogen) atoms. The van der Waals surface area contributed by atoms with Crippen molar-refractivity contribution < 1.29 is 42.6 Å². The minimum absolute atomic E-state index is 0.0741. The Morgan fingerprint density at radius 1 is 0.692 bits per heavy atom. The highest BCUT2D eigenvalue weighted by Crippen LogP contribution is 2.08. The monoisotopic (exact) mass is 388 g/mol. The second-order valence-corrected chi connectivity index (χ2v) is 6.41. The van der Waals surface area contributed by atoms with Crippen LogP contribution < -0.4 is 0 Å². The fourth-order valence-electron chi connectivity index (χ4n) is 1.72. The third kappa shape index (κ3) is 6.33. The molecule has 2 heterocycles. The van der Waals surface area contributed by atoms with Crippen LogP contribution >= 0.6 is 0 Å². The molecular weight excluding hydrogens is 372 g/mol. The largest absolute Gasteiger partial charge is 0.294 e. The van der Waals surface area contributed by atoms with E-state index < -0.39 is 33.7 Å². The van der Waals surface area contributed by atoms with E-state index in [0.717, 1.165) is 0 Å². The van der Waals surface area contributed by atoms with Crippen molar-refractivity contribution in [1.29, 1.82) is 0 Å². The Balaban J connectivity index is 0.000000197. The third-order valence-electron chi connectivity index (χ3n) is 3.09. The molecule has 0 spiro atoms. The molecule has 0 aromatic heterocycles. The predicted molar refractivity (Wildman–Crippen MR) is 82.0 cm³/mol. The molecule has 0 saturated carbocycles. The van der Waals surface area contributed by atoms with Gasteiger partial charge in [-0.2, -0.15) is 18.5 Å². The molecule has 1 aromatic carbocycles. The average Bonchev–Trinajstić information content (AvgIpc) is 3.06. The first kappa shape index (κ1) is 21.4. The van der Waals surface area contributed by atoms with E-state index in [1.165, 1.54) is 12.1 Å². The zero-order valence-corrected chi connectivity index (χ0v) is 14.1. The second kappa shape index (κ2) is 9.15. The average molecular weight is 388 g/mol. The molecule has 0 aliphatic carbocycles. The van der Waals surface area contributed by atoms with Crippen LogP contribution in [0.4, 0.5) is 0 Å². The molecule has 142 valence electrons. The Morgan fingerprint density at radius 3 is 1.15 bits per heavy atom. The van der Waals surface area contributed by atoms with Crippen LogP contribution in [0.1, 0.15) is 25.7 Å². The molecule has 12 heteroatoms. The number of nitrogens with zero attached hydrogens (tertiary/aromatic N) is 2. The molecular formula is C14H16N2O9S. The van der Waals surface area contributed by atoms with Crippen molar-refractivity contribution in [2.75, 3.05) is 0 Å². The van der Waals surface area contributed by atoms with Crippen molar-refractivity contribution in [1.82, 2.24) is 10.1 Å². The van der Waals surface area contributed by atoms with Gasteiger partial charge in [0, 0.05) is 25.7 Å². The summed E-state index contributed by atoms with van der Waals surface area (Å²) >= 11 is 0. The van der Waals surface area contributed by atoms with Crippen molar-refractivity contribution in [2.24, 2.45) is 0 Å². The molecule has 0 bridgehead atoms. The van der Waals surface area contributed by atoms with E-state index >= 15 is 0 Å². The van der Waals surface area contributed by atoms with Crippen LogP contribution in [-0.2, 0) is 29.3 Å². The summed E-state index contributed by atoms with van der Waals surface area (Å²) < 4.78 is 29.2. The van der Waals surface area contributed by atoms with Gasteiger partial charge in [0.15, 0.2) is 0 Å². The number of benzene rings is 1. The van der Waals surface area contributed by atoms with Gasteiger partial charge in [-0.1, -0.05) is 18.2 Å². The molecule has 2 aliphatic rings. The van der Waals surface area contributed by atoms with Gasteiger partial charge in [0.2, 0.25) is 0 Å². The number of carbonyl (C=O) groups excluding carboxylic acids is 4. The topological polar surface area (TPSA) is 170 Å². The molecule has 1 aromatic rings. The molecule has 0 unspecified atom stereocenters. The summed E-state index contributed by atoms with van der Waals surface area (Å²) in [6.45, 7) is 0. The lowest BCUT2D eigenvalue weighted by Gasteiger charge is -1.98. The molecule has 11 nitrogen and oxygen atoms in total. The smallest absolute Gasteiger partial charge is 0.282 e. The van der Waals surface area contributed by atoms with Crippen LogP contribution in [0, 0.1) is 0 Å². The van der Waals surface area contributed by atoms with Gasteiger partial charge < -0.3 is 0 Å². The van der Waals surface area contributed by atoms with Gasteiger partial charge in [-0.05, 0) is 12.1 Å². The van der Waals surface area contributed by atoms with Crippen LogP contribution in [0.5, 0.6) is 0 Å². The van der Waals surface area contributed by atoms with E-state index in [9.17, 15) is 27.6 Å². The van der Waals surface area contributed by atoms with Crippen LogP contribution in [0.15, 0.2) is 35.2 Å². The zero-order chi connectivity index (χ0) is 19.9. The van der Waals surface area contributed by atoms with Crippen molar-refractivity contribution in [3.05, 3.63) is 30.3 Å².